The molecular weight excluding hydrogens is 232 g/mol. The van der Waals surface area contributed by atoms with Crippen LogP contribution in [0.15, 0.2) is 0 Å². The summed E-state index contributed by atoms with van der Waals surface area (Å²) in [5, 5.41) is 5.97. The average molecular weight is 260 g/mol. The molecule has 0 aliphatic carbocycles. The van der Waals surface area contributed by atoms with Crippen molar-refractivity contribution < 1.29 is 14.3 Å². The zero-order valence-corrected chi connectivity index (χ0v) is 12.0. The van der Waals surface area contributed by atoms with Crippen LogP contribution >= 0.6 is 0 Å². The predicted octanol–water partition coefficient (Wildman–Crippen LogP) is 0.791. The molecule has 0 aromatic rings. The molecule has 1 amide bonds. The average Bonchev–Trinajstić information content (AvgIpc) is 2.32. The van der Waals surface area contributed by atoms with Gasteiger partial charge in [-0.1, -0.05) is 13.8 Å². The van der Waals surface area contributed by atoms with Crippen LogP contribution in [0, 0.1) is 5.92 Å². The van der Waals surface area contributed by atoms with Gasteiger partial charge in [0.1, 0.15) is 0 Å². The van der Waals surface area contributed by atoms with Crippen molar-refractivity contribution in [2.45, 2.75) is 26.7 Å². The van der Waals surface area contributed by atoms with Crippen molar-refractivity contribution in [3.05, 3.63) is 0 Å². The smallest absolute Gasteiger partial charge is 0.233 e. The molecule has 0 heterocycles. The van der Waals surface area contributed by atoms with Gasteiger partial charge in [0.25, 0.3) is 0 Å². The maximum absolute atomic E-state index is 11.4. The molecule has 0 aromatic carbocycles. The molecular formula is C13H28N2O3. The van der Waals surface area contributed by atoms with Crippen molar-refractivity contribution in [3.63, 3.8) is 0 Å². The Balaban J connectivity index is 3.15. The first-order valence-electron chi connectivity index (χ1n) is 6.71. The number of methoxy groups -OCH3 is 1. The van der Waals surface area contributed by atoms with Crippen LogP contribution in [0.4, 0.5) is 0 Å². The first-order valence-corrected chi connectivity index (χ1v) is 6.71. The van der Waals surface area contributed by atoms with Gasteiger partial charge in [0.05, 0.1) is 19.8 Å². The molecule has 0 aliphatic rings. The first-order chi connectivity index (χ1) is 8.66. The number of ether oxygens (including phenoxy) is 2. The molecule has 5 heteroatoms. The van der Waals surface area contributed by atoms with Crippen LogP contribution in [0.1, 0.15) is 26.7 Å². The van der Waals surface area contributed by atoms with Crippen LogP contribution in [0.25, 0.3) is 0 Å². The Morgan fingerprint density at radius 1 is 1.17 bits per heavy atom. The molecule has 18 heavy (non-hydrogen) atoms. The van der Waals surface area contributed by atoms with E-state index in [1.165, 1.54) is 0 Å². The molecule has 0 spiro atoms. The highest BCUT2D eigenvalue weighted by Crippen LogP contribution is 1.95. The van der Waals surface area contributed by atoms with Gasteiger partial charge in [0.2, 0.25) is 5.91 Å². The second kappa shape index (κ2) is 12.8. The van der Waals surface area contributed by atoms with Crippen LogP contribution in [0.2, 0.25) is 0 Å². The van der Waals surface area contributed by atoms with Crippen molar-refractivity contribution in [3.8, 4) is 0 Å². The number of carbonyl (C=O) groups is 1. The van der Waals surface area contributed by atoms with Gasteiger partial charge in [0.15, 0.2) is 0 Å². The SMILES string of the molecule is COCCOCCCNCC(=O)NCCC(C)C. The number of hydrogen-bond acceptors (Lipinski definition) is 4. The molecule has 108 valence electrons. The monoisotopic (exact) mass is 260 g/mol. The Kier molecular flexibility index (Phi) is 12.3. The molecule has 0 bridgehead atoms. The van der Waals surface area contributed by atoms with E-state index in [0.29, 0.717) is 32.3 Å². The highest BCUT2D eigenvalue weighted by atomic mass is 16.5. The van der Waals surface area contributed by atoms with Crippen molar-refractivity contribution >= 4 is 5.91 Å². The fraction of sp³-hybridized carbons (Fsp3) is 0.923. The maximum atomic E-state index is 11.4. The molecule has 0 fully saturated rings. The first kappa shape index (κ1) is 17.4. The molecule has 0 rings (SSSR count). The minimum Gasteiger partial charge on any atom is -0.382 e. The zero-order chi connectivity index (χ0) is 13.6. The Hall–Kier alpha value is -0.650. The van der Waals surface area contributed by atoms with Crippen molar-refractivity contribution in [2.75, 3.05) is 46.6 Å². The summed E-state index contributed by atoms with van der Waals surface area (Å²) in [6.07, 6.45) is 1.93. The van der Waals surface area contributed by atoms with Crippen LogP contribution in [-0.4, -0.2) is 52.5 Å². The van der Waals surface area contributed by atoms with E-state index in [1.54, 1.807) is 7.11 Å². The molecule has 0 aromatic heterocycles. The minimum atomic E-state index is 0.0657. The lowest BCUT2D eigenvalue weighted by atomic mass is 10.1. The molecule has 0 saturated carbocycles. The fourth-order valence-electron chi connectivity index (χ4n) is 1.31. The van der Waals surface area contributed by atoms with E-state index in [0.717, 1.165) is 25.9 Å². The number of carbonyl (C=O) groups excluding carboxylic acids is 1. The third-order valence-corrected chi connectivity index (χ3v) is 2.40. The summed E-state index contributed by atoms with van der Waals surface area (Å²) in [6.45, 7) is 8.20. The lowest BCUT2D eigenvalue weighted by Crippen LogP contribution is -2.35. The molecule has 2 N–H and O–H groups in total. The summed E-state index contributed by atoms with van der Waals surface area (Å²) in [7, 11) is 1.66. The summed E-state index contributed by atoms with van der Waals surface area (Å²) in [6, 6.07) is 0. The van der Waals surface area contributed by atoms with Gasteiger partial charge in [-0.2, -0.15) is 0 Å². The molecule has 0 aliphatic heterocycles. The topological polar surface area (TPSA) is 59.6 Å². The van der Waals surface area contributed by atoms with Crippen LogP contribution in [0.3, 0.4) is 0 Å². The van der Waals surface area contributed by atoms with E-state index < -0.39 is 0 Å². The summed E-state index contributed by atoms with van der Waals surface area (Å²) in [4.78, 5) is 11.4. The normalized spacial score (nSPS) is 10.9. The number of hydrogen-bond donors (Lipinski definition) is 2. The predicted molar refractivity (Wildman–Crippen MR) is 72.6 cm³/mol. The van der Waals surface area contributed by atoms with Gasteiger partial charge in [0, 0.05) is 20.3 Å². The van der Waals surface area contributed by atoms with E-state index in [2.05, 4.69) is 24.5 Å². The number of amides is 1. The van der Waals surface area contributed by atoms with Gasteiger partial charge in [-0.3, -0.25) is 4.79 Å². The summed E-state index contributed by atoms with van der Waals surface area (Å²) >= 11 is 0. The second-order valence-corrected chi connectivity index (χ2v) is 4.67. The zero-order valence-electron chi connectivity index (χ0n) is 12.0. The quantitative estimate of drug-likeness (QED) is 0.509. The largest absolute Gasteiger partial charge is 0.382 e. The van der Waals surface area contributed by atoms with Crippen LogP contribution in [0.5, 0.6) is 0 Å². The fourth-order valence-corrected chi connectivity index (χ4v) is 1.31. The van der Waals surface area contributed by atoms with Gasteiger partial charge in [-0.25, -0.2) is 0 Å². The Bertz CT molecular complexity index is 199. The van der Waals surface area contributed by atoms with Gasteiger partial charge in [-0.15, -0.1) is 0 Å². The van der Waals surface area contributed by atoms with E-state index in [1.807, 2.05) is 0 Å². The van der Waals surface area contributed by atoms with Gasteiger partial charge >= 0.3 is 0 Å². The second-order valence-electron chi connectivity index (χ2n) is 4.67. The molecule has 5 nitrogen and oxygen atoms in total. The molecule has 0 radical (unpaired) electrons. The third-order valence-electron chi connectivity index (χ3n) is 2.40. The summed E-state index contributed by atoms with van der Waals surface area (Å²) in [5.74, 6) is 0.693. The standard InChI is InChI=1S/C13H28N2O3/c1-12(2)5-7-15-13(16)11-14-6-4-8-18-10-9-17-3/h12,14H,4-11H2,1-3H3,(H,15,16). The van der Waals surface area contributed by atoms with Crippen molar-refractivity contribution in [1.82, 2.24) is 10.6 Å². The van der Waals surface area contributed by atoms with Crippen molar-refractivity contribution in [1.29, 1.82) is 0 Å². The highest BCUT2D eigenvalue weighted by Gasteiger charge is 2.00. The molecule has 0 atom stereocenters. The number of rotatable bonds is 12. The lowest BCUT2D eigenvalue weighted by Gasteiger charge is -2.08. The third kappa shape index (κ3) is 13.4. The Labute approximate surface area is 111 Å². The van der Waals surface area contributed by atoms with Crippen LogP contribution < -0.4 is 10.6 Å². The van der Waals surface area contributed by atoms with Crippen LogP contribution in [-0.2, 0) is 14.3 Å². The van der Waals surface area contributed by atoms with Crippen molar-refractivity contribution in [2.24, 2.45) is 5.92 Å². The highest BCUT2D eigenvalue weighted by molar-refractivity contribution is 5.77. The molecule has 0 unspecified atom stereocenters. The van der Waals surface area contributed by atoms with E-state index in [-0.39, 0.29) is 5.91 Å². The Morgan fingerprint density at radius 3 is 2.61 bits per heavy atom. The number of nitrogens with one attached hydrogen (secondary N) is 2. The lowest BCUT2D eigenvalue weighted by molar-refractivity contribution is -0.120. The van der Waals surface area contributed by atoms with Gasteiger partial charge < -0.3 is 20.1 Å². The molecule has 0 saturated heterocycles. The van der Waals surface area contributed by atoms with E-state index in [9.17, 15) is 4.79 Å². The van der Waals surface area contributed by atoms with E-state index >= 15 is 0 Å². The summed E-state index contributed by atoms with van der Waals surface area (Å²) < 4.78 is 10.2. The van der Waals surface area contributed by atoms with Gasteiger partial charge in [-0.05, 0) is 25.3 Å². The maximum Gasteiger partial charge on any atom is 0.233 e. The minimum absolute atomic E-state index is 0.0657. The Morgan fingerprint density at radius 2 is 1.94 bits per heavy atom. The van der Waals surface area contributed by atoms with E-state index in [4.69, 9.17) is 9.47 Å². The summed E-state index contributed by atoms with van der Waals surface area (Å²) in [5.41, 5.74) is 0.